The highest BCUT2D eigenvalue weighted by Gasteiger charge is 2.11. The standard InChI is InChI=1S/C11H13ClN2O3/c1-15-5-3-13-7-10-14-6-9(17-10)8-2-4-16-11(8)12/h2,4,6,13H,3,5,7H2,1H3. The molecule has 0 aliphatic carbocycles. The van der Waals surface area contributed by atoms with Crippen molar-refractivity contribution in [3.05, 3.63) is 29.6 Å². The average Bonchev–Trinajstić information content (AvgIpc) is 2.93. The van der Waals surface area contributed by atoms with Gasteiger partial charge in [-0.05, 0) is 17.7 Å². The first-order valence-electron chi connectivity index (χ1n) is 5.19. The molecule has 2 aromatic heterocycles. The highest BCUT2D eigenvalue weighted by Crippen LogP contribution is 2.29. The minimum atomic E-state index is 0.306. The maximum Gasteiger partial charge on any atom is 0.208 e. The Bertz CT molecular complexity index is 467. The second-order valence-electron chi connectivity index (χ2n) is 3.40. The Hall–Kier alpha value is -1.30. The quantitative estimate of drug-likeness (QED) is 0.804. The number of rotatable bonds is 6. The number of oxazole rings is 1. The maximum absolute atomic E-state index is 5.84. The number of hydrogen-bond donors (Lipinski definition) is 1. The fourth-order valence-corrected chi connectivity index (χ4v) is 1.56. The highest BCUT2D eigenvalue weighted by atomic mass is 35.5. The number of methoxy groups -OCH3 is 1. The van der Waals surface area contributed by atoms with Gasteiger partial charge in [0.25, 0.3) is 0 Å². The van der Waals surface area contributed by atoms with Gasteiger partial charge in [0, 0.05) is 13.7 Å². The van der Waals surface area contributed by atoms with Crippen molar-refractivity contribution in [2.75, 3.05) is 20.3 Å². The van der Waals surface area contributed by atoms with Crippen molar-refractivity contribution >= 4 is 11.6 Å². The van der Waals surface area contributed by atoms with Crippen molar-refractivity contribution in [3.63, 3.8) is 0 Å². The average molecular weight is 257 g/mol. The lowest BCUT2D eigenvalue weighted by Crippen LogP contribution is -2.18. The molecule has 6 heteroatoms. The van der Waals surface area contributed by atoms with Gasteiger partial charge in [-0.25, -0.2) is 4.98 Å². The van der Waals surface area contributed by atoms with Crippen molar-refractivity contribution in [2.45, 2.75) is 6.54 Å². The van der Waals surface area contributed by atoms with Crippen LogP contribution in [0.1, 0.15) is 5.89 Å². The Kier molecular flexibility index (Phi) is 4.19. The molecule has 5 nitrogen and oxygen atoms in total. The Morgan fingerprint density at radius 3 is 3.12 bits per heavy atom. The third kappa shape index (κ3) is 3.09. The zero-order valence-electron chi connectivity index (χ0n) is 9.40. The second kappa shape index (κ2) is 5.86. The molecule has 2 aromatic rings. The molecule has 0 atom stereocenters. The molecule has 2 heterocycles. The van der Waals surface area contributed by atoms with E-state index in [9.17, 15) is 0 Å². The van der Waals surface area contributed by atoms with Crippen molar-refractivity contribution in [2.24, 2.45) is 0 Å². The third-order valence-corrected chi connectivity index (χ3v) is 2.49. The third-order valence-electron chi connectivity index (χ3n) is 2.20. The number of nitrogens with zero attached hydrogens (tertiary/aromatic N) is 1. The molecule has 2 rings (SSSR count). The van der Waals surface area contributed by atoms with Crippen LogP contribution in [-0.2, 0) is 11.3 Å². The van der Waals surface area contributed by atoms with Gasteiger partial charge in [0.1, 0.15) is 0 Å². The second-order valence-corrected chi connectivity index (χ2v) is 3.74. The smallest absolute Gasteiger partial charge is 0.208 e. The molecule has 0 unspecified atom stereocenters. The lowest BCUT2D eigenvalue weighted by molar-refractivity contribution is 0.198. The lowest BCUT2D eigenvalue weighted by Gasteiger charge is -1.99. The van der Waals surface area contributed by atoms with E-state index in [1.165, 1.54) is 6.26 Å². The maximum atomic E-state index is 5.84. The van der Waals surface area contributed by atoms with E-state index in [1.54, 1.807) is 19.4 Å². The van der Waals surface area contributed by atoms with Gasteiger partial charge in [0.05, 0.1) is 31.2 Å². The van der Waals surface area contributed by atoms with Crippen LogP contribution in [0.3, 0.4) is 0 Å². The van der Waals surface area contributed by atoms with Crippen LogP contribution >= 0.6 is 11.6 Å². The summed E-state index contributed by atoms with van der Waals surface area (Å²) in [4.78, 5) is 4.14. The molecule has 0 aliphatic heterocycles. The largest absolute Gasteiger partial charge is 0.452 e. The predicted octanol–water partition coefficient (Wildman–Crippen LogP) is 2.32. The summed E-state index contributed by atoms with van der Waals surface area (Å²) in [5.74, 6) is 1.21. The van der Waals surface area contributed by atoms with E-state index in [0.717, 1.165) is 6.54 Å². The van der Waals surface area contributed by atoms with Crippen LogP contribution < -0.4 is 5.32 Å². The number of hydrogen-bond acceptors (Lipinski definition) is 5. The molecule has 0 aliphatic rings. The van der Waals surface area contributed by atoms with Crippen LogP contribution in [-0.4, -0.2) is 25.2 Å². The Morgan fingerprint density at radius 2 is 2.41 bits per heavy atom. The van der Waals surface area contributed by atoms with Crippen LogP contribution in [0.15, 0.2) is 27.4 Å². The van der Waals surface area contributed by atoms with E-state index in [0.29, 0.717) is 35.6 Å². The van der Waals surface area contributed by atoms with Crippen LogP contribution in [0.4, 0.5) is 0 Å². The molecule has 0 bridgehead atoms. The van der Waals surface area contributed by atoms with Gasteiger partial charge in [-0.15, -0.1) is 0 Å². The molecule has 0 saturated carbocycles. The van der Waals surface area contributed by atoms with E-state index in [1.807, 2.05) is 0 Å². The van der Waals surface area contributed by atoms with Gasteiger partial charge in [-0.1, -0.05) is 0 Å². The van der Waals surface area contributed by atoms with E-state index in [2.05, 4.69) is 10.3 Å². The minimum absolute atomic E-state index is 0.306. The van der Waals surface area contributed by atoms with Crippen molar-refractivity contribution < 1.29 is 13.6 Å². The molecule has 0 fully saturated rings. The molecule has 0 spiro atoms. The summed E-state index contributed by atoms with van der Waals surface area (Å²) < 4.78 is 15.4. The highest BCUT2D eigenvalue weighted by molar-refractivity contribution is 6.31. The molecule has 92 valence electrons. The van der Waals surface area contributed by atoms with Crippen LogP contribution in [0.5, 0.6) is 0 Å². The van der Waals surface area contributed by atoms with Crippen molar-refractivity contribution in [1.29, 1.82) is 0 Å². The Balaban J connectivity index is 1.95. The van der Waals surface area contributed by atoms with Gasteiger partial charge < -0.3 is 18.9 Å². The monoisotopic (exact) mass is 256 g/mol. The summed E-state index contributed by atoms with van der Waals surface area (Å²) in [5, 5.41) is 3.44. The van der Waals surface area contributed by atoms with Crippen molar-refractivity contribution in [1.82, 2.24) is 10.3 Å². The molecule has 17 heavy (non-hydrogen) atoms. The zero-order valence-corrected chi connectivity index (χ0v) is 10.2. The van der Waals surface area contributed by atoms with E-state index < -0.39 is 0 Å². The van der Waals surface area contributed by atoms with Gasteiger partial charge in [0.2, 0.25) is 11.1 Å². The summed E-state index contributed by atoms with van der Waals surface area (Å²) in [7, 11) is 1.66. The molecule has 1 N–H and O–H groups in total. The number of ether oxygens (including phenoxy) is 1. The summed E-state index contributed by atoms with van der Waals surface area (Å²) in [5.41, 5.74) is 0.710. The molecular weight excluding hydrogens is 244 g/mol. The number of aromatic nitrogens is 1. The predicted molar refractivity (Wildman–Crippen MR) is 62.8 cm³/mol. The molecule has 0 saturated heterocycles. The van der Waals surface area contributed by atoms with Gasteiger partial charge in [0.15, 0.2) is 5.76 Å². The normalized spacial score (nSPS) is 10.9. The topological polar surface area (TPSA) is 60.4 Å². The number of halogens is 1. The summed E-state index contributed by atoms with van der Waals surface area (Å²) in [6, 6.07) is 1.74. The fourth-order valence-electron chi connectivity index (χ4n) is 1.36. The summed E-state index contributed by atoms with van der Waals surface area (Å²) in [6.45, 7) is 1.96. The first-order chi connectivity index (χ1) is 8.31. The Labute approximate surface area is 104 Å². The van der Waals surface area contributed by atoms with E-state index >= 15 is 0 Å². The van der Waals surface area contributed by atoms with Crippen LogP contribution in [0.2, 0.25) is 5.22 Å². The van der Waals surface area contributed by atoms with Gasteiger partial charge in [-0.3, -0.25) is 0 Å². The van der Waals surface area contributed by atoms with Crippen molar-refractivity contribution in [3.8, 4) is 11.3 Å². The lowest BCUT2D eigenvalue weighted by atomic mass is 10.3. The van der Waals surface area contributed by atoms with E-state index in [-0.39, 0.29) is 0 Å². The SMILES string of the molecule is COCCNCc1ncc(-c2ccoc2Cl)o1. The van der Waals surface area contributed by atoms with Crippen LogP contribution in [0.25, 0.3) is 11.3 Å². The fraction of sp³-hybridized carbons (Fsp3) is 0.364. The molecular formula is C11H13ClN2O3. The van der Waals surface area contributed by atoms with Gasteiger partial charge in [-0.2, -0.15) is 0 Å². The minimum Gasteiger partial charge on any atom is -0.452 e. The summed E-state index contributed by atoms with van der Waals surface area (Å²) in [6.07, 6.45) is 3.14. The first-order valence-corrected chi connectivity index (χ1v) is 5.57. The van der Waals surface area contributed by atoms with E-state index in [4.69, 9.17) is 25.2 Å². The number of nitrogens with one attached hydrogen (secondary N) is 1. The molecule has 0 amide bonds. The summed E-state index contributed by atoms with van der Waals surface area (Å²) >= 11 is 5.84. The first kappa shape index (κ1) is 12.2. The molecule has 0 radical (unpaired) electrons. The Morgan fingerprint density at radius 1 is 1.53 bits per heavy atom. The number of furan rings is 1. The van der Waals surface area contributed by atoms with Gasteiger partial charge >= 0.3 is 0 Å². The van der Waals surface area contributed by atoms with Crippen LogP contribution in [0, 0.1) is 0 Å². The molecule has 0 aromatic carbocycles. The zero-order chi connectivity index (χ0) is 12.1.